The van der Waals surface area contributed by atoms with E-state index in [-0.39, 0.29) is 17.3 Å². The van der Waals surface area contributed by atoms with Gasteiger partial charge in [0.05, 0.1) is 6.42 Å². The van der Waals surface area contributed by atoms with Crippen LogP contribution in [0.2, 0.25) is 0 Å². The van der Waals surface area contributed by atoms with Crippen molar-refractivity contribution >= 4 is 23.9 Å². The Morgan fingerprint density at radius 1 is 0.838 bits per heavy atom. The van der Waals surface area contributed by atoms with Crippen molar-refractivity contribution in [1.29, 1.82) is 0 Å². The molecule has 4 rings (SSSR count). The van der Waals surface area contributed by atoms with Gasteiger partial charge in [0.25, 0.3) is 11.9 Å². The van der Waals surface area contributed by atoms with E-state index in [2.05, 4.69) is 19.9 Å². The summed E-state index contributed by atoms with van der Waals surface area (Å²) in [4.78, 5) is 40.5. The van der Waals surface area contributed by atoms with Crippen molar-refractivity contribution in [2.75, 3.05) is 0 Å². The van der Waals surface area contributed by atoms with Gasteiger partial charge in [-0.2, -0.15) is 0 Å². The monoisotopic (exact) mass is 520 g/mol. The van der Waals surface area contributed by atoms with Gasteiger partial charge in [0.15, 0.2) is 0 Å². The van der Waals surface area contributed by atoms with Gasteiger partial charge >= 0.3 is 11.9 Å². The van der Waals surface area contributed by atoms with Crippen LogP contribution in [-0.4, -0.2) is 44.3 Å². The number of aliphatic carboxylic acids is 4. The molecule has 4 aliphatic rings. The molecular weight excluding hydrogens is 476 g/mol. The number of hydrogen-bond acceptors (Lipinski definition) is 4. The van der Waals surface area contributed by atoms with Gasteiger partial charge in [0, 0.05) is 20.3 Å². The van der Waals surface area contributed by atoms with Crippen molar-refractivity contribution in [1.82, 2.24) is 0 Å². The molecule has 8 heteroatoms. The SMILES string of the molecule is CC(=O)O.CC(=O)O.CC(CC(=O)O)=C1CC[C@H]2[C@@H]3CC=C4CC(CC(=O)O)CC[C@]4(C)[C@H]3CC[C@]12C. The van der Waals surface area contributed by atoms with Gasteiger partial charge in [-0.3, -0.25) is 19.2 Å². The maximum Gasteiger partial charge on any atom is 0.307 e. The van der Waals surface area contributed by atoms with Crippen LogP contribution in [0, 0.1) is 34.5 Å². The lowest BCUT2D eigenvalue weighted by atomic mass is 9.47. The molecule has 6 atom stereocenters. The minimum Gasteiger partial charge on any atom is -0.481 e. The van der Waals surface area contributed by atoms with E-state index in [0.29, 0.717) is 30.1 Å². The molecule has 0 radical (unpaired) electrons. The number of fused-ring (bicyclic) bond motifs is 5. The summed E-state index contributed by atoms with van der Waals surface area (Å²) < 4.78 is 0. The minimum absolute atomic E-state index is 0.170. The van der Waals surface area contributed by atoms with Crippen LogP contribution in [-0.2, 0) is 19.2 Å². The van der Waals surface area contributed by atoms with Crippen molar-refractivity contribution in [2.45, 2.75) is 98.8 Å². The fourth-order valence-corrected chi connectivity index (χ4v) is 8.00. The van der Waals surface area contributed by atoms with E-state index in [4.69, 9.17) is 19.8 Å². The number of hydrogen-bond donors (Lipinski definition) is 4. The summed E-state index contributed by atoms with van der Waals surface area (Å²) in [6.45, 7) is 9.07. The number of carboxylic acid groups (broad SMARTS) is 4. The van der Waals surface area contributed by atoms with Crippen LogP contribution in [0.1, 0.15) is 98.8 Å². The first-order chi connectivity index (χ1) is 17.1. The topological polar surface area (TPSA) is 149 Å². The Hall–Kier alpha value is -2.64. The number of carboxylic acids is 4. The molecule has 0 saturated heterocycles. The normalized spacial score (nSPS) is 35.0. The fourth-order valence-electron chi connectivity index (χ4n) is 8.00. The third kappa shape index (κ3) is 7.23. The molecule has 37 heavy (non-hydrogen) atoms. The largest absolute Gasteiger partial charge is 0.481 e. The zero-order valence-electron chi connectivity index (χ0n) is 22.9. The third-order valence-electron chi connectivity index (χ3n) is 9.39. The molecular formula is C29H44O8. The van der Waals surface area contributed by atoms with Crippen molar-refractivity contribution in [3.8, 4) is 0 Å². The Morgan fingerprint density at radius 2 is 1.38 bits per heavy atom. The van der Waals surface area contributed by atoms with Crippen LogP contribution < -0.4 is 0 Å². The maximum atomic E-state index is 11.3. The average molecular weight is 521 g/mol. The predicted octanol–water partition coefficient (Wildman–Crippen LogP) is 6.01. The number of rotatable bonds is 4. The quantitative estimate of drug-likeness (QED) is 0.329. The summed E-state index contributed by atoms with van der Waals surface area (Å²) in [6, 6.07) is 0. The zero-order valence-corrected chi connectivity index (χ0v) is 22.9. The van der Waals surface area contributed by atoms with E-state index >= 15 is 0 Å². The molecule has 1 unspecified atom stereocenters. The first-order valence-electron chi connectivity index (χ1n) is 13.3. The smallest absolute Gasteiger partial charge is 0.307 e. The van der Waals surface area contributed by atoms with Gasteiger partial charge in [-0.25, -0.2) is 0 Å². The molecule has 4 N–H and O–H groups in total. The van der Waals surface area contributed by atoms with Crippen molar-refractivity contribution in [3.63, 3.8) is 0 Å². The molecule has 0 amide bonds. The van der Waals surface area contributed by atoms with Gasteiger partial charge in [0.1, 0.15) is 0 Å². The summed E-state index contributed by atoms with van der Waals surface area (Å²) >= 11 is 0. The standard InChI is InChI=1S/C25H36O4.2C2H4O2/c1-15(12-22(26)27)19-6-7-20-18-5-4-17-13-16(14-23(28)29)8-10-24(17,2)21(18)9-11-25(19,20)3;2*1-2(3)4/h4,16,18,20-21H,5-14H2,1-3H3,(H,26,27)(H,28,29);2*1H3,(H,3,4)/t16?,18-,20-,21-,24-,25+;;/m0../s1. The van der Waals surface area contributed by atoms with Gasteiger partial charge in [-0.1, -0.05) is 36.6 Å². The number of carbonyl (C=O) groups is 4. The van der Waals surface area contributed by atoms with E-state index in [1.54, 1.807) is 0 Å². The van der Waals surface area contributed by atoms with E-state index in [1.807, 2.05) is 6.92 Å². The molecule has 0 heterocycles. The Labute approximate surface area is 219 Å². The van der Waals surface area contributed by atoms with Gasteiger partial charge in [-0.15, -0.1) is 0 Å². The summed E-state index contributed by atoms with van der Waals surface area (Å²) in [6.07, 6.45) is 11.9. The lowest BCUT2D eigenvalue weighted by molar-refractivity contribution is -0.139. The maximum absolute atomic E-state index is 11.3. The molecule has 0 bridgehead atoms. The Kier molecular flexibility index (Phi) is 10.1. The van der Waals surface area contributed by atoms with Crippen LogP contribution in [0.15, 0.2) is 22.8 Å². The highest BCUT2D eigenvalue weighted by atomic mass is 16.4. The van der Waals surface area contributed by atoms with E-state index in [1.165, 1.54) is 30.4 Å². The minimum atomic E-state index is -0.833. The molecule has 4 aliphatic carbocycles. The van der Waals surface area contributed by atoms with E-state index in [0.717, 1.165) is 51.5 Å². The summed E-state index contributed by atoms with van der Waals surface area (Å²) in [5.41, 5.74) is 4.47. The predicted molar refractivity (Wildman–Crippen MR) is 139 cm³/mol. The second kappa shape index (κ2) is 12.3. The second-order valence-corrected chi connectivity index (χ2v) is 11.8. The van der Waals surface area contributed by atoms with Gasteiger partial charge < -0.3 is 20.4 Å². The molecule has 208 valence electrons. The van der Waals surface area contributed by atoms with Crippen LogP contribution in [0.5, 0.6) is 0 Å². The van der Waals surface area contributed by atoms with Crippen molar-refractivity contribution in [2.24, 2.45) is 34.5 Å². The van der Waals surface area contributed by atoms with Crippen molar-refractivity contribution in [3.05, 3.63) is 22.8 Å². The zero-order chi connectivity index (χ0) is 28.1. The van der Waals surface area contributed by atoms with Crippen LogP contribution in [0.25, 0.3) is 0 Å². The molecule has 0 aliphatic heterocycles. The highest BCUT2D eigenvalue weighted by Crippen LogP contribution is 2.66. The highest BCUT2D eigenvalue weighted by Gasteiger charge is 2.57. The van der Waals surface area contributed by atoms with Crippen LogP contribution >= 0.6 is 0 Å². The summed E-state index contributed by atoms with van der Waals surface area (Å²) in [5, 5.41) is 33.3. The third-order valence-corrected chi connectivity index (χ3v) is 9.39. The molecule has 0 aromatic carbocycles. The Morgan fingerprint density at radius 3 is 1.92 bits per heavy atom. The highest BCUT2D eigenvalue weighted by molar-refractivity contribution is 5.70. The van der Waals surface area contributed by atoms with Crippen LogP contribution in [0.3, 0.4) is 0 Å². The summed E-state index contributed by atoms with van der Waals surface area (Å²) in [5.74, 6) is -0.697. The molecule has 8 nitrogen and oxygen atoms in total. The first kappa shape index (κ1) is 30.6. The molecule has 3 saturated carbocycles. The van der Waals surface area contributed by atoms with Crippen molar-refractivity contribution < 1.29 is 39.6 Å². The van der Waals surface area contributed by atoms with E-state index in [9.17, 15) is 19.8 Å². The molecule has 0 aromatic heterocycles. The Balaban J connectivity index is 0.000000530. The molecule has 0 spiro atoms. The lowest BCUT2D eigenvalue weighted by Gasteiger charge is -2.57. The Bertz CT molecular complexity index is 943. The van der Waals surface area contributed by atoms with Crippen LogP contribution in [0.4, 0.5) is 0 Å². The fraction of sp³-hybridized carbons (Fsp3) is 0.724. The van der Waals surface area contributed by atoms with Gasteiger partial charge in [-0.05, 0) is 92.8 Å². The van der Waals surface area contributed by atoms with Gasteiger partial charge in [0.2, 0.25) is 0 Å². The molecule has 3 fully saturated rings. The summed E-state index contributed by atoms with van der Waals surface area (Å²) in [7, 11) is 0. The number of allylic oxidation sites excluding steroid dienone is 3. The average Bonchev–Trinajstić information content (AvgIpc) is 3.10. The van der Waals surface area contributed by atoms with E-state index < -0.39 is 23.9 Å². The first-order valence-corrected chi connectivity index (χ1v) is 13.3. The molecule has 0 aromatic rings. The lowest BCUT2D eigenvalue weighted by Crippen LogP contribution is -2.49. The second-order valence-electron chi connectivity index (χ2n) is 11.8.